The summed E-state index contributed by atoms with van der Waals surface area (Å²) in [6, 6.07) is 4.36. The van der Waals surface area contributed by atoms with E-state index in [4.69, 9.17) is 16.7 Å². The molecule has 2 atom stereocenters. The Hall–Kier alpha value is -2.08. The van der Waals surface area contributed by atoms with E-state index in [0.717, 1.165) is 0 Å². The van der Waals surface area contributed by atoms with Crippen molar-refractivity contribution in [2.24, 2.45) is 5.92 Å². The van der Waals surface area contributed by atoms with Crippen molar-refractivity contribution in [1.82, 2.24) is 10.6 Å². The number of amides is 2. The summed E-state index contributed by atoms with van der Waals surface area (Å²) >= 11 is 5.74. The molecule has 1 aromatic carbocycles. The van der Waals surface area contributed by atoms with Crippen molar-refractivity contribution < 1.29 is 19.5 Å². The number of nitrogens with one attached hydrogen (secondary N) is 2. The lowest BCUT2D eigenvalue weighted by molar-refractivity contribution is -0.143. The van der Waals surface area contributed by atoms with Crippen LogP contribution in [0.1, 0.15) is 31.1 Å². The number of halogens is 1. The third-order valence-electron chi connectivity index (χ3n) is 3.08. The largest absolute Gasteiger partial charge is 0.480 e. The summed E-state index contributed by atoms with van der Waals surface area (Å²) in [6.07, 6.45) is 0. The summed E-state index contributed by atoms with van der Waals surface area (Å²) in [5.74, 6) is -2.36. The molecule has 0 aromatic heterocycles. The zero-order valence-electron chi connectivity index (χ0n) is 12.6. The predicted molar refractivity (Wildman–Crippen MR) is 82.8 cm³/mol. The van der Waals surface area contributed by atoms with Gasteiger partial charge in [-0.1, -0.05) is 25.4 Å². The number of carbonyl (C=O) groups is 3. The van der Waals surface area contributed by atoms with E-state index in [2.05, 4.69) is 10.6 Å². The molecule has 0 saturated carbocycles. The monoisotopic (exact) mass is 326 g/mol. The SMILES string of the molecule is CC(NC(=O)c1ccc(Cl)cc1)C(=O)N[C@@H](C(=O)O)C(C)C. The molecule has 0 bridgehead atoms. The first-order chi connectivity index (χ1) is 10.2. The molecular formula is C15H19ClN2O4. The van der Waals surface area contributed by atoms with E-state index >= 15 is 0 Å². The van der Waals surface area contributed by atoms with Gasteiger partial charge >= 0.3 is 5.97 Å². The van der Waals surface area contributed by atoms with Gasteiger partial charge in [0.1, 0.15) is 12.1 Å². The van der Waals surface area contributed by atoms with Crippen molar-refractivity contribution in [3.63, 3.8) is 0 Å². The van der Waals surface area contributed by atoms with Crippen molar-refractivity contribution in [3.05, 3.63) is 34.9 Å². The Balaban J connectivity index is 2.65. The molecule has 1 unspecified atom stereocenters. The van der Waals surface area contributed by atoms with Gasteiger partial charge in [-0.2, -0.15) is 0 Å². The molecule has 22 heavy (non-hydrogen) atoms. The van der Waals surface area contributed by atoms with Crippen LogP contribution in [0.4, 0.5) is 0 Å². The van der Waals surface area contributed by atoms with Gasteiger partial charge in [-0.05, 0) is 37.1 Å². The number of rotatable bonds is 6. The quantitative estimate of drug-likeness (QED) is 0.741. The van der Waals surface area contributed by atoms with Gasteiger partial charge < -0.3 is 15.7 Å². The molecule has 0 radical (unpaired) electrons. The maximum atomic E-state index is 12.0. The van der Waals surface area contributed by atoms with E-state index in [0.29, 0.717) is 10.6 Å². The molecular weight excluding hydrogens is 308 g/mol. The molecule has 2 amide bonds. The second-order valence-corrected chi connectivity index (χ2v) is 5.71. The molecule has 0 fully saturated rings. The standard InChI is InChI=1S/C15H19ClN2O4/c1-8(2)12(15(21)22)18-13(19)9(3)17-14(20)10-4-6-11(16)7-5-10/h4-9,12H,1-3H3,(H,17,20)(H,18,19)(H,21,22)/t9?,12-/m1/s1. The van der Waals surface area contributed by atoms with Gasteiger partial charge in [-0.3, -0.25) is 9.59 Å². The van der Waals surface area contributed by atoms with Crippen molar-refractivity contribution >= 4 is 29.4 Å². The molecule has 1 rings (SSSR count). The van der Waals surface area contributed by atoms with E-state index in [9.17, 15) is 14.4 Å². The number of benzene rings is 1. The number of carboxylic acids is 1. The van der Waals surface area contributed by atoms with E-state index in [-0.39, 0.29) is 5.92 Å². The van der Waals surface area contributed by atoms with Crippen LogP contribution >= 0.6 is 11.6 Å². The minimum atomic E-state index is -1.11. The van der Waals surface area contributed by atoms with Crippen molar-refractivity contribution in [2.45, 2.75) is 32.9 Å². The topological polar surface area (TPSA) is 95.5 Å². The molecule has 0 heterocycles. The molecule has 3 N–H and O–H groups in total. The number of hydrogen-bond donors (Lipinski definition) is 3. The van der Waals surface area contributed by atoms with Crippen molar-refractivity contribution in [2.75, 3.05) is 0 Å². The lowest BCUT2D eigenvalue weighted by atomic mass is 10.0. The number of carbonyl (C=O) groups excluding carboxylic acids is 2. The molecule has 1 aromatic rings. The molecule has 0 aliphatic carbocycles. The molecule has 6 nitrogen and oxygen atoms in total. The molecule has 7 heteroatoms. The zero-order chi connectivity index (χ0) is 16.9. The van der Waals surface area contributed by atoms with Crippen molar-refractivity contribution in [3.8, 4) is 0 Å². The lowest BCUT2D eigenvalue weighted by Crippen LogP contribution is -2.52. The number of carboxylic acid groups (broad SMARTS) is 1. The minimum absolute atomic E-state index is 0.263. The summed E-state index contributed by atoms with van der Waals surface area (Å²) in [5, 5.41) is 14.5. The van der Waals surface area contributed by atoms with Crippen LogP contribution in [-0.2, 0) is 9.59 Å². The Labute approximate surface area is 133 Å². The maximum Gasteiger partial charge on any atom is 0.326 e. The van der Waals surface area contributed by atoms with Crippen LogP contribution in [0, 0.1) is 5.92 Å². The van der Waals surface area contributed by atoms with E-state index < -0.39 is 29.9 Å². The smallest absolute Gasteiger partial charge is 0.326 e. The Bertz CT molecular complexity index is 557. The highest BCUT2D eigenvalue weighted by Crippen LogP contribution is 2.09. The van der Waals surface area contributed by atoms with Crippen LogP contribution in [0.15, 0.2) is 24.3 Å². The van der Waals surface area contributed by atoms with Crippen LogP contribution in [0.3, 0.4) is 0 Å². The van der Waals surface area contributed by atoms with Crippen LogP contribution < -0.4 is 10.6 Å². The highest BCUT2D eigenvalue weighted by molar-refractivity contribution is 6.30. The predicted octanol–water partition coefficient (Wildman–Crippen LogP) is 1.68. The van der Waals surface area contributed by atoms with E-state index in [1.54, 1.807) is 26.0 Å². The molecule has 0 aliphatic rings. The summed E-state index contributed by atoms with van der Waals surface area (Å²) in [5.41, 5.74) is 0.364. The lowest BCUT2D eigenvalue weighted by Gasteiger charge is -2.21. The van der Waals surface area contributed by atoms with Gasteiger partial charge in [0, 0.05) is 10.6 Å². The van der Waals surface area contributed by atoms with Crippen molar-refractivity contribution in [1.29, 1.82) is 0 Å². The fourth-order valence-corrected chi connectivity index (χ4v) is 1.86. The maximum absolute atomic E-state index is 12.0. The van der Waals surface area contributed by atoms with Gasteiger partial charge in [-0.15, -0.1) is 0 Å². The Morgan fingerprint density at radius 2 is 1.59 bits per heavy atom. The summed E-state index contributed by atoms with van der Waals surface area (Å²) < 4.78 is 0. The van der Waals surface area contributed by atoms with Gasteiger partial charge in [0.05, 0.1) is 0 Å². The highest BCUT2D eigenvalue weighted by atomic mass is 35.5. The first-order valence-corrected chi connectivity index (χ1v) is 7.19. The van der Waals surface area contributed by atoms with Crippen LogP contribution in [0.5, 0.6) is 0 Å². The van der Waals surface area contributed by atoms with Crippen LogP contribution in [0.25, 0.3) is 0 Å². The molecule has 0 aliphatic heterocycles. The molecule has 120 valence electrons. The summed E-state index contributed by atoms with van der Waals surface area (Å²) in [7, 11) is 0. The summed E-state index contributed by atoms with van der Waals surface area (Å²) in [6.45, 7) is 4.87. The van der Waals surface area contributed by atoms with Gasteiger partial charge in [0.2, 0.25) is 5.91 Å². The highest BCUT2D eigenvalue weighted by Gasteiger charge is 2.26. The first-order valence-electron chi connectivity index (χ1n) is 6.82. The van der Waals surface area contributed by atoms with E-state index in [1.807, 2.05) is 0 Å². The van der Waals surface area contributed by atoms with E-state index in [1.165, 1.54) is 19.1 Å². The Morgan fingerprint density at radius 1 is 1.05 bits per heavy atom. The van der Waals surface area contributed by atoms with Crippen LogP contribution in [-0.4, -0.2) is 35.0 Å². The minimum Gasteiger partial charge on any atom is -0.480 e. The van der Waals surface area contributed by atoms with Crippen LogP contribution in [0.2, 0.25) is 5.02 Å². The average molecular weight is 327 g/mol. The second kappa shape index (κ2) is 7.79. The fraction of sp³-hybridized carbons (Fsp3) is 0.400. The Kier molecular flexibility index (Phi) is 6.37. The first kappa shape index (κ1) is 18.0. The Morgan fingerprint density at radius 3 is 2.05 bits per heavy atom. The summed E-state index contributed by atoms with van der Waals surface area (Å²) in [4.78, 5) is 35.0. The zero-order valence-corrected chi connectivity index (χ0v) is 13.3. The molecule has 0 saturated heterocycles. The van der Waals surface area contributed by atoms with Gasteiger partial charge in [-0.25, -0.2) is 4.79 Å². The van der Waals surface area contributed by atoms with Gasteiger partial charge in [0.25, 0.3) is 5.91 Å². The third-order valence-corrected chi connectivity index (χ3v) is 3.33. The molecule has 0 spiro atoms. The third kappa shape index (κ3) is 5.04. The second-order valence-electron chi connectivity index (χ2n) is 5.27. The number of hydrogen-bond acceptors (Lipinski definition) is 3. The fourth-order valence-electron chi connectivity index (χ4n) is 1.74. The average Bonchev–Trinajstić information content (AvgIpc) is 2.44. The van der Waals surface area contributed by atoms with Gasteiger partial charge in [0.15, 0.2) is 0 Å². The normalized spacial score (nSPS) is 13.3. The number of aliphatic carboxylic acids is 1.